The van der Waals surface area contributed by atoms with Crippen LogP contribution in [0.3, 0.4) is 0 Å². The van der Waals surface area contributed by atoms with Crippen molar-refractivity contribution in [2.45, 2.75) is 38.0 Å². The second-order valence-electron chi connectivity index (χ2n) is 4.67. The summed E-state index contributed by atoms with van der Waals surface area (Å²) >= 11 is 0. The maximum Gasteiger partial charge on any atom is 0.304 e. The topological polar surface area (TPSA) is 81.1 Å². The minimum atomic E-state index is -0.810. The first-order valence-corrected chi connectivity index (χ1v) is 6.10. The van der Waals surface area contributed by atoms with Gasteiger partial charge in [-0.3, -0.25) is 9.48 Å². The van der Waals surface area contributed by atoms with Gasteiger partial charge < -0.3 is 10.8 Å². The van der Waals surface area contributed by atoms with E-state index in [4.69, 9.17) is 10.8 Å². The maximum atomic E-state index is 10.8. The lowest BCUT2D eigenvalue weighted by molar-refractivity contribution is -0.137. The van der Waals surface area contributed by atoms with Crippen LogP contribution in [-0.2, 0) is 24.7 Å². The van der Waals surface area contributed by atoms with E-state index in [1.54, 1.807) is 0 Å². The molecular weight excluding hydrogens is 218 g/mol. The molecule has 5 heteroatoms. The Labute approximate surface area is 101 Å². The lowest BCUT2D eigenvalue weighted by atomic mass is 9.90. The molecule has 5 nitrogen and oxygen atoms in total. The minimum absolute atomic E-state index is 0.0694. The molecule has 0 saturated carbocycles. The lowest BCUT2D eigenvalue weighted by Gasteiger charge is -2.15. The molecule has 1 atom stereocenters. The van der Waals surface area contributed by atoms with Gasteiger partial charge in [-0.1, -0.05) is 0 Å². The molecule has 1 aliphatic carbocycles. The van der Waals surface area contributed by atoms with Gasteiger partial charge in [-0.15, -0.1) is 0 Å². The zero-order valence-electron chi connectivity index (χ0n) is 10.1. The highest BCUT2D eigenvalue weighted by Gasteiger charge is 2.25. The highest BCUT2D eigenvalue weighted by molar-refractivity contribution is 5.68. The molecule has 2 rings (SSSR count). The van der Waals surface area contributed by atoms with E-state index in [1.807, 2.05) is 11.7 Å². The summed E-state index contributed by atoms with van der Waals surface area (Å²) in [5.74, 6) is -0.962. The van der Waals surface area contributed by atoms with Crippen molar-refractivity contribution in [2.75, 3.05) is 6.54 Å². The number of nitrogens with two attached hydrogens (primary N) is 1. The number of hydrogen-bond donors (Lipinski definition) is 2. The second-order valence-corrected chi connectivity index (χ2v) is 4.67. The summed E-state index contributed by atoms with van der Waals surface area (Å²) < 4.78 is 1.90. The molecule has 3 N–H and O–H groups in total. The van der Waals surface area contributed by atoms with E-state index in [1.165, 1.54) is 17.7 Å². The summed E-state index contributed by atoms with van der Waals surface area (Å²) in [6.07, 6.45) is 4.48. The molecule has 0 amide bonds. The number of carboxylic acids is 1. The lowest BCUT2D eigenvalue weighted by Crippen LogP contribution is -2.18. The minimum Gasteiger partial charge on any atom is -0.481 e. The highest BCUT2D eigenvalue weighted by atomic mass is 16.4. The second kappa shape index (κ2) is 4.87. The van der Waals surface area contributed by atoms with Gasteiger partial charge in [-0.2, -0.15) is 5.10 Å². The van der Waals surface area contributed by atoms with Gasteiger partial charge in [0.15, 0.2) is 0 Å². The van der Waals surface area contributed by atoms with Gasteiger partial charge in [0.05, 0.1) is 12.1 Å². The van der Waals surface area contributed by atoms with Gasteiger partial charge in [0, 0.05) is 25.2 Å². The Kier molecular flexibility index (Phi) is 3.47. The number of aromatic nitrogens is 2. The van der Waals surface area contributed by atoms with Crippen molar-refractivity contribution in [1.29, 1.82) is 0 Å². The molecule has 0 aliphatic heterocycles. The number of rotatable bonds is 4. The summed E-state index contributed by atoms with van der Waals surface area (Å²) in [7, 11) is 1.93. The molecule has 94 valence electrons. The number of nitrogens with zero attached hydrogens (tertiary/aromatic N) is 2. The zero-order chi connectivity index (χ0) is 12.4. The average Bonchev–Trinajstić information content (AvgIpc) is 2.64. The smallest absolute Gasteiger partial charge is 0.304 e. The van der Waals surface area contributed by atoms with E-state index in [0.717, 1.165) is 25.0 Å². The van der Waals surface area contributed by atoms with Crippen molar-refractivity contribution in [3.05, 3.63) is 17.0 Å². The molecule has 0 spiro atoms. The molecule has 0 aromatic carbocycles. The Hall–Kier alpha value is -1.36. The van der Waals surface area contributed by atoms with Crippen molar-refractivity contribution in [1.82, 2.24) is 9.78 Å². The number of fused-ring (bicyclic) bond motifs is 1. The fraction of sp³-hybridized carbons (Fsp3) is 0.667. The largest absolute Gasteiger partial charge is 0.481 e. The van der Waals surface area contributed by atoms with E-state index in [9.17, 15) is 4.79 Å². The van der Waals surface area contributed by atoms with Crippen LogP contribution >= 0.6 is 0 Å². The van der Waals surface area contributed by atoms with E-state index < -0.39 is 5.97 Å². The highest BCUT2D eigenvalue weighted by Crippen LogP contribution is 2.29. The predicted molar refractivity (Wildman–Crippen MR) is 63.9 cm³/mol. The molecule has 1 aromatic rings. The van der Waals surface area contributed by atoms with Gasteiger partial charge in [0.2, 0.25) is 0 Å². The third kappa shape index (κ3) is 2.34. The van der Waals surface area contributed by atoms with Crippen molar-refractivity contribution >= 4 is 5.97 Å². The predicted octanol–water partition coefficient (Wildman–Crippen LogP) is 0.816. The Morgan fingerprint density at radius 2 is 2.24 bits per heavy atom. The molecule has 0 fully saturated rings. The third-order valence-corrected chi connectivity index (χ3v) is 3.49. The molecular formula is C12H19N3O2. The Morgan fingerprint density at radius 1 is 1.53 bits per heavy atom. The van der Waals surface area contributed by atoms with Crippen LogP contribution < -0.4 is 5.73 Å². The van der Waals surface area contributed by atoms with E-state index in [0.29, 0.717) is 6.54 Å². The molecule has 1 heterocycles. The molecule has 0 saturated heterocycles. The van der Waals surface area contributed by atoms with Crippen molar-refractivity contribution < 1.29 is 9.90 Å². The van der Waals surface area contributed by atoms with Crippen molar-refractivity contribution in [2.24, 2.45) is 12.8 Å². The fourth-order valence-electron chi connectivity index (χ4n) is 2.64. The molecule has 1 unspecified atom stereocenters. The number of aliphatic carboxylic acids is 1. The van der Waals surface area contributed by atoms with Gasteiger partial charge >= 0.3 is 5.97 Å². The summed E-state index contributed by atoms with van der Waals surface area (Å²) in [5, 5.41) is 13.4. The summed E-state index contributed by atoms with van der Waals surface area (Å²) in [5.41, 5.74) is 9.10. The van der Waals surface area contributed by atoms with Gasteiger partial charge in [-0.05, 0) is 31.2 Å². The van der Waals surface area contributed by atoms with Crippen LogP contribution in [-0.4, -0.2) is 27.4 Å². The van der Waals surface area contributed by atoms with E-state index >= 15 is 0 Å². The Bertz CT molecular complexity index is 426. The van der Waals surface area contributed by atoms with Gasteiger partial charge in [0.1, 0.15) is 0 Å². The number of carboxylic acid groups (broad SMARTS) is 1. The Morgan fingerprint density at radius 3 is 2.88 bits per heavy atom. The van der Waals surface area contributed by atoms with Crippen LogP contribution in [0.5, 0.6) is 0 Å². The van der Waals surface area contributed by atoms with Crippen LogP contribution in [0.1, 0.15) is 42.1 Å². The summed E-state index contributed by atoms with van der Waals surface area (Å²) in [6, 6.07) is 0. The quantitative estimate of drug-likeness (QED) is 0.812. The van der Waals surface area contributed by atoms with Gasteiger partial charge in [0.25, 0.3) is 0 Å². The monoisotopic (exact) mass is 237 g/mol. The molecule has 1 aromatic heterocycles. The van der Waals surface area contributed by atoms with E-state index in [-0.39, 0.29) is 12.3 Å². The van der Waals surface area contributed by atoms with Crippen LogP contribution in [0.2, 0.25) is 0 Å². The first-order chi connectivity index (χ1) is 8.13. The van der Waals surface area contributed by atoms with Crippen LogP contribution in [0.4, 0.5) is 0 Å². The van der Waals surface area contributed by atoms with Crippen LogP contribution in [0.15, 0.2) is 0 Å². The van der Waals surface area contributed by atoms with Gasteiger partial charge in [-0.25, -0.2) is 0 Å². The normalized spacial score (nSPS) is 16.6. The molecule has 1 aliphatic rings. The van der Waals surface area contributed by atoms with Crippen LogP contribution in [0, 0.1) is 0 Å². The first-order valence-electron chi connectivity index (χ1n) is 6.10. The van der Waals surface area contributed by atoms with Crippen LogP contribution in [0.25, 0.3) is 0 Å². The third-order valence-electron chi connectivity index (χ3n) is 3.49. The summed E-state index contributed by atoms with van der Waals surface area (Å²) in [4.78, 5) is 10.8. The number of hydrogen-bond acceptors (Lipinski definition) is 3. The standard InChI is InChI=1S/C12H19N3O2/c1-15-10-5-3-2-4-9(10)12(14-15)8(7-13)6-11(16)17/h8H,2-7,13H2,1H3,(H,16,17). The maximum absolute atomic E-state index is 10.8. The number of carbonyl (C=O) groups is 1. The van der Waals surface area contributed by atoms with Crippen molar-refractivity contribution in [3.63, 3.8) is 0 Å². The summed E-state index contributed by atoms with van der Waals surface area (Å²) in [6.45, 7) is 0.343. The molecule has 0 radical (unpaired) electrons. The van der Waals surface area contributed by atoms with Crippen molar-refractivity contribution in [3.8, 4) is 0 Å². The Balaban J connectivity index is 2.33. The first kappa shape index (κ1) is 12.1. The fourth-order valence-corrected chi connectivity index (χ4v) is 2.64. The zero-order valence-corrected chi connectivity index (χ0v) is 10.1. The average molecular weight is 237 g/mol. The molecule has 17 heavy (non-hydrogen) atoms. The molecule has 0 bridgehead atoms. The van der Waals surface area contributed by atoms with E-state index in [2.05, 4.69) is 5.10 Å². The number of aryl methyl sites for hydroxylation is 1. The SMILES string of the molecule is Cn1nc(C(CN)CC(=O)O)c2c1CCCC2.